The maximum Gasteiger partial charge on any atom is 0.159 e. The van der Waals surface area contributed by atoms with Gasteiger partial charge in [0, 0.05) is 43.6 Å². The number of halogens is 4. The first-order chi connectivity index (χ1) is 48.8. The van der Waals surface area contributed by atoms with E-state index in [-0.39, 0.29) is 48.0 Å². The lowest BCUT2D eigenvalue weighted by atomic mass is 9.44. The number of nitrogens with one attached hydrogen (secondary N) is 1. The molecule has 0 bridgehead atoms. The highest BCUT2D eigenvalue weighted by atomic mass is 79.9. The Balaban J connectivity index is 0.000000124. The van der Waals surface area contributed by atoms with Gasteiger partial charge in [-0.1, -0.05) is 99.7 Å². The van der Waals surface area contributed by atoms with Crippen molar-refractivity contribution in [2.45, 2.75) is 273 Å². The highest BCUT2D eigenvalue weighted by Crippen LogP contribution is 2.72. The monoisotopic (exact) mass is 1540 g/mol. The normalized spacial score (nSPS) is 42.9. The number of hydrogen-bond acceptors (Lipinski definition) is 10. The lowest BCUT2D eigenvalue weighted by molar-refractivity contribution is -0.151. The van der Waals surface area contributed by atoms with Crippen LogP contribution < -0.4 is 0 Å². The molecule has 0 aliphatic heterocycles. The number of aliphatic hydroxyl groups is 3. The Morgan fingerprint density at radius 1 is 0.452 bits per heavy atom. The third-order valence-corrected chi connectivity index (χ3v) is 34.4. The van der Waals surface area contributed by atoms with Crippen LogP contribution in [0.15, 0.2) is 67.0 Å². The van der Waals surface area contributed by atoms with Gasteiger partial charge in [-0.2, -0.15) is 25.2 Å². The van der Waals surface area contributed by atoms with Crippen LogP contribution in [0.4, 0.5) is 0 Å². The van der Waals surface area contributed by atoms with Gasteiger partial charge < -0.3 is 15.3 Å². The number of carbonyl (C=O) groups excluding carboxylic acids is 3. The van der Waals surface area contributed by atoms with Gasteiger partial charge >= 0.3 is 0 Å². The van der Waals surface area contributed by atoms with Gasteiger partial charge in [-0.25, -0.2) is 0 Å². The molecule has 12 aliphatic carbocycles. The van der Waals surface area contributed by atoms with Gasteiger partial charge in [-0.15, -0.1) is 0 Å². The molecular weight excluding hydrogens is 1430 g/mol. The second-order valence-corrected chi connectivity index (χ2v) is 40.5. The van der Waals surface area contributed by atoms with E-state index in [0.29, 0.717) is 85.1 Å². The van der Waals surface area contributed by atoms with E-state index in [1.54, 1.807) is 17.1 Å². The van der Waals surface area contributed by atoms with Crippen molar-refractivity contribution >= 4 is 101 Å². The zero-order valence-electron chi connectivity index (χ0n) is 63.0. The Morgan fingerprint density at radius 2 is 0.856 bits per heavy atom. The number of hydrogen-bond donors (Lipinski definition) is 4. The summed E-state index contributed by atoms with van der Waals surface area (Å²) < 4.78 is 1.87. The first kappa shape index (κ1) is 77.0. The van der Waals surface area contributed by atoms with E-state index in [9.17, 15) is 29.7 Å². The smallest absolute Gasteiger partial charge is 0.159 e. The van der Waals surface area contributed by atoms with Gasteiger partial charge in [0.1, 0.15) is 29.9 Å². The second kappa shape index (κ2) is 28.5. The molecule has 6 aromatic rings. The molecule has 18 rings (SSSR count). The number of fused-ring (bicyclic) bond motifs is 18. The largest absolute Gasteiger partial charge is 0.390 e. The number of alkyl halides is 1. The van der Waals surface area contributed by atoms with Crippen molar-refractivity contribution in [2.24, 2.45) is 121 Å². The SMILES string of the molecule is C.C[C@@]1(O)CC[C@@]2(C)[C@H](CC[C@@H]3[C@@H]2CC[C@]2(C)[C@@H](C(=O)CBr)CC[C@@H]32)C1.C[C@@]1(O)CC[C@@]2(C)[C@H](CC[C@@H]3[C@@H]2CC[C@]2(C)[C@@H](C(=O)Cn4nc5ccc(Cl)cc5n4)CC[C@@H]32)C1.C[C@@]1(O)CC[C@@]2(C)[C@H](CC[C@@H]3[C@@H]2CC[C@]2(C)[C@@H](C(=O)Cn4ncc5cc(Cl)ccc54)CC[C@@H]32)C1.Clc1ccc2[nH]ncc2c1. The zero-order valence-corrected chi connectivity index (χ0v) is 66.8. The van der Waals surface area contributed by atoms with Gasteiger partial charge in [0.25, 0.3) is 0 Å². The third-order valence-electron chi connectivity index (χ3n) is 33.2. The van der Waals surface area contributed by atoms with Crippen molar-refractivity contribution in [3.63, 3.8) is 0 Å². The van der Waals surface area contributed by atoms with Gasteiger partial charge in [-0.3, -0.25) is 24.2 Å². The Kier molecular flexibility index (Phi) is 21.1. The fraction of sp³-hybridized carbons (Fsp3) is 0.736. The number of benzene rings is 3. The molecule has 12 aliphatic rings. The van der Waals surface area contributed by atoms with Crippen LogP contribution in [0.3, 0.4) is 0 Å². The Morgan fingerprint density at radius 3 is 1.33 bits per heavy atom. The minimum atomic E-state index is -0.484. The predicted octanol–water partition coefficient (Wildman–Crippen LogP) is 20.9. The number of aromatic amines is 1. The molecule has 4 N–H and O–H groups in total. The molecule has 0 amide bonds. The number of Topliss-reactive ketones (excluding diaryl/α,β-unsaturated/α-hetero) is 3. The van der Waals surface area contributed by atoms with Crippen molar-refractivity contribution in [1.82, 2.24) is 35.0 Å². The van der Waals surface area contributed by atoms with Gasteiger partial charge in [-0.05, 0) is 352 Å². The first-order valence-electron chi connectivity index (χ1n) is 40.3. The van der Waals surface area contributed by atoms with E-state index < -0.39 is 16.8 Å². The number of rotatable bonds is 8. The summed E-state index contributed by atoms with van der Waals surface area (Å²) in [7, 11) is 0. The van der Waals surface area contributed by atoms with Crippen molar-refractivity contribution in [1.29, 1.82) is 0 Å². The van der Waals surface area contributed by atoms with E-state index >= 15 is 0 Å². The quantitative estimate of drug-likeness (QED) is 0.107. The second-order valence-electron chi connectivity index (χ2n) is 38.6. The summed E-state index contributed by atoms with van der Waals surface area (Å²) in [6.45, 7) is 21.6. The van der Waals surface area contributed by atoms with Crippen LogP contribution in [0.1, 0.15) is 243 Å². The molecule has 3 aromatic heterocycles. The molecule has 3 heterocycles. The van der Waals surface area contributed by atoms with Crippen LogP contribution in [-0.4, -0.2) is 89.8 Å². The highest BCUT2D eigenvalue weighted by Gasteiger charge is 2.65. The van der Waals surface area contributed by atoms with E-state index in [1.165, 1.54) is 96.3 Å². The first-order valence-corrected chi connectivity index (χ1v) is 42.5. The van der Waals surface area contributed by atoms with Gasteiger partial charge in [0.2, 0.25) is 0 Å². The predicted molar refractivity (Wildman–Crippen MR) is 421 cm³/mol. The van der Waals surface area contributed by atoms with Crippen molar-refractivity contribution < 1.29 is 29.7 Å². The minimum Gasteiger partial charge on any atom is -0.390 e. The molecule has 24 atom stereocenters. The molecule has 0 radical (unpaired) electrons. The molecule has 104 heavy (non-hydrogen) atoms. The summed E-state index contributed by atoms with van der Waals surface area (Å²) in [4.78, 5) is 41.4. The minimum absolute atomic E-state index is 0. The number of aromatic nitrogens is 7. The molecule has 12 saturated carbocycles. The van der Waals surface area contributed by atoms with Crippen molar-refractivity contribution in [3.05, 3.63) is 82.1 Å². The van der Waals surface area contributed by atoms with E-state index in [4.69, 9.17) is 34.8 Å². The Bertz CT molecular complexity index is 4160. The molecule has 0 saturated heterocycles. The molecule has 3 aromatic carbocycles. The zero-order chi connectivity index (χ0) is 72.8. The van der Waals surface area contributed by atoms with Crippen LogP contribution >= 0.6 is 50.7 Å². The summed E-state index contributed by atoms with van der Waals surface area (Å²) >= 11 is 21.4. The fourth-order valence-electron chi connectivity index (χ4n) is 27.6. The molecular formula is C87H121BrCl3N7O6. The lowest BCUT2D eigenvalue weighted by Crippen LogP contribution is -2.55. The molecule has 12 fully saturated rings. The summed E-state index contributed by atoms with van der Waals surface area (Å²) in [5.74, 6) is 10.3. The number of ketones is 3. The molecule has 17 heteroatoms. The number of nitrogens with zero attached hydrogens (tertiary/aromatic N) is 6. The van der Waals surface area contributed by atoms with Crippen LogP contribution in [0.25, 0.3) is 32.8 Å². The third kappa shape index (κ3) is 13.7. The van der Waals surface area contributed by atoms with Crippen LogP contribution in [-0.2, 0) is 27.5 Å². The van der Waals surface area contributed by atoms with Crippen molar-refractivity contribution in [3.8, 4) is 0 Å². The van der Waals surface area contributed by atoms with Crippen LogP contribution in [0.2, 0.25) is 15.1 Å². The van der Waals surface area contributed by atoms with E-state index in [2.05, 4.69) is 83.0 Å². The average molecular weight is 1550 g/mol. The number of carbonyl (C=O) groups is 3. The summed E-state index contributed by atoms with van der Waals surface area (Å²) in [6, 6.07) is 16.9. The van der Waals surface area contributed by atoms with E-state index in [0.717, 1.165) is 156 Å². The van der Waals surface area contributed by atoms with Gasteiger partial charge in [0.05, 0.1) is 45.6 Å². The summed E-state index contributed by atoms with van der Waals surface area (Å²) in [6.07, 6.45) is 34.7. The standard InChI is InChI=1S/C29H39ClN2O2.C28H38ClN3O2.C22H35BrO2.C7H5ClN2.CH4/c1-27(34)12-13-28(2)19(15-27)4-6-21-22-7-8-24(29(22,3)11-10-23(21)28)26(33)17-32-25-9-5-20(30)14-18(25)16-31-32;1-26(34)12-13-27(2)17(15-26)4-6-19-20-7-8-22(28(20,3)11-10-21(19)27)25(33)16-32-30-23-9-5-18(29)14-24(23)31-32;1-20(25)10-11-21(2)14(12-20)4-5-15-16-6-7-18(19(24)13-23)22(16,3)9-8-17(15)21;8-6-1-2-7-5(3-6)4-9-10-7;/h5,9,14,16,19,21-24,34H,4,6-8,10-13,15,17H2,1-3H3;5,9,14,17,19-22,34H,4,6-8,10-13,15-16H2,1-3H3;14-18,25H,4-13H2,1-3H3;1-4H,(H,9,10);1H4/t19-,21+,22+,23+,24-,27-,28+,29+;17-,19+,20+,21+,22-,26-,27+,28+;14-,15+,16+,17+,18-,20-,21+,22+;;/m111../s1. The Hall–Kier alpha value is -3.76. The van der Waals surface area contributed by atoms with Crippen LogP contribution in [0.5, 0.6) is 0 Å². The molecule has 0 spiro atoms. The highest BCUT2D eigenvalue weighted by molar-refractivity contribution is 9.09. The van der Waals surface area contributed by atoms with E-state index in [1.807, 2.05) is 80.2 Å². The summed E-state index contributed by atoms with van der Waals surface area (Å²) in [5, 5.41) is 57.0. The maximum absolute atomic E-state index is 13.7. The van der Waals surface area contributed by atoms with Crippen LogP contribution in [0, 0.1) is 121 Å². The lowest BCUT2D eigenvalue weighted by Gasteiger charge is -2.61. The summed E-state index contributed by atoms with van der Waals surface area (Å²) in [5.41, 5.74) is 3.72. The fourth-order valence-corrected chi connectivity index (χ4v) is 28.5. The maximum atomic E-state index is 13.7. The van der Waals surface area contributed by atoms with Gasteiger partial charge in [0.15, 0.2) is 11.6 Å². The average Bonchev–Trinajstić information content (AvgIpc) is 1.36. The molecule has 568 valence electrons. The molecule has 0 unspecified atom stereocenters. The van der Waals surface area contributed by atoms with Crippen molar-refractivity contribution in [2.75, 3.05) is 5.33 Å². The number of H-pyrrole nitrogens is 1. The topological polar surface area (TPSA) is 189 Å². The molecule has 13 nitrogen and oxygen atoms in total. The Labute approximate surface area is 642 Å².